The van der Waals surface area contributed by atoms with Crippen LogP contribution in [0.2, 0.25) is 0 Å². The van der Waals surface area contributed by atoms with Crippen molar-refractivity contribution in [1.29, 1.82) is 0 Å². The summed E-state index contributed by atoms with van der Waals surface area (Å²) in [5.74, 6) is 0.993. The molecule has 1 rings (SSSR count). The molecule has 1 aliphatic rings. The second-order valence-electron chi connectivity index (χ2n) is 6.33. The lowest BCUT2D eigenvalue weighted by atomic mass is 9.91. The highest BCUT2D eigenvalue weighted by molar-refractivity contribution is 4.62. The van der Waals surface area contributed by atoms with Gasteiger partial charge in [-0.05, 0) is 5.92 Å². The summed E-state index contributed by atoms with van der Waals surface area (Å²) >= 11 is 0. The second-order valence-corrected chi connectivity index (χ2v) is 6.33. The van der Waals surface area contributed by atoms with Gasteiger partial charge in [-0.1, -0.05) is 110 Å². The minimum atomic E-state index is 0.993. The Hall–Kier alpha value is 0. The lowest BCUT2D eigenvalue weighted by Gasteiger charge is -2.15. The van der Waals surface area contributed by atoms with Gasteiger partial charge in [0.25, 0.3) is 0 Å². The molecule has 1 radical (unpaired) electrons. The molecule has 0 spiro atoms. The van der Waals surface area contributed by atoms with Crippen LogP contribution in [0.25, 0.3) is 0 Å². The summed E-state index contributed by atoms with van der Waals surface area (Å²) in [6.45, 7) is 4.05. The van der Waals surface area contributed by atoms with Crippen LogP contribution >= 0.6 is 0 Å². The van der Waals surface area contributed by atoms with Crippen LogP contribution in [0.5, 0.6) is 0 Å². The Morgan fingerprint density at radius 3 is 1.22 bits per heavy atom. The lowest BCUT2D eigenvalue weighted by Crippen LogP contribution is -2.00. The van der Waals surface area contributed by atoms with Crippen molar-refractivity contribution in [2.45, 2.75) is 103 Å². The zero-order valence-corrected chi connectivity index (χ0v) is 12.6. The zero-order valence-electron chi connectivity index (χ0n) is 12.6. The van der Waals surface area contributed by atoms with E-state index >= 15 is 0 Å². The van der Waals surface area contributed by atoms with E-state index in [-0.39, 0.29) is 0 Å². The van der Waals surface area contributed by atoms with Gasteiger partial charge in [0.15, 0.2) is 0 Å². The molecule has 0 aromatic heterocycles. The number of rotatable bonds is 2. The first-order chi connectivity index (χ1) is 8.93. The maximum absolute atomic E-state index is 4.05. The summed E-state index contributed by atoms with van der Waals surface area (Å²) in [5.41, 5.74) is 0. The Bertz CT molecular complexity index is 145. The third kappa shape index (κ3) is 9.00. The zero-order chi connectivity index (χ0) is 12.9. The molecular formula is C18H35. The van der Waals surface area contributed by atoms with Crippen LogP contribution in [0.3, 0.4) is 0 Å². The molecule has 0 heteroatoms. The first-order valence-electron chi connectivity index (χ1n) is 8.72. The largest absolute Gasteiger partial charge is 0.0533 e. The predicted octanol–water partition coefficient (Wildman–Crippen LogP) is 6.69. The summed E-state index contributed by atoms with van der Waals surface area (Å²) in [4.78, 5) is 0. The quantitative estimate of drug-likeness (QED) is 0.512. The molecule has 0 aromatic carbocycles. The third-order valence-corrected chi connectivity index (χ3v) is 4.59. The van der Waals surface area contributed by atoms with E-state index in [1.54, 1.807) is 0 Å². The molecule has 0 N–H and O–H groups in total. The van der Waals surface area contributed by atoms with Crippen LogP contribution in [0, 0.1) is 12.8 Å². The van der Waals surface area contributed by atoms with E-state index in [0.29, 0.717) is 0 Å². The van der Waals surface area contributed by atoms with Crippen LogP contribution < -0.4 is 0 Å². The van der Waals surface area contributed by atoms with Crippen LogP contribution in [-0.4, -0.2) is 0 Å². The Kier molecular flexibility index (Phi) is 10.8. The molecular weight excluding hydrogens is 216 g/mol. The SMILES string of the molecule is [CH2]CCC1CCCCCCCCCCCCCC1. The van der Waals surface area contributed by atoms with Gasteiger partial charge < -0.3 is 0 Å². The molecule has 0 saturated heterocycles. The van der Waals surface area contributed by atoms with Gasteiger partial charge in [0.2, 0.25) is 0 Å². The molecule has 0 aliphatic heterocycles. The number of hydrogen-bond donors (Lipinski definition) is 0. The summed E-state index contributed by atoms with van der Waals surface area (Å²) in [5, 5.41) is 0. The van der Waals surface area contributed by atoms with Gasteiger partial charge >= 0.3 is 0 Å². The van der Waals surface area contributed by atoms with Crippen LogP contribution in [-0.2, 0) is 0 Å². The molecule has 0 atom stereocenters. The van der Waals surface area contributed by atoms with Crippen molar-refractivity contribution >= 4 is 0 Å². The van der Waals surface area contributed by atoms with Gasteiger partial charge in [-0.3, -0.25) is 0 Å². The first kappa shape index (κ1) is 16.1. The van der Waals surface area contributed by atoms with Gasteiger partial charge in [-0.2, -0.15) is 0 Å². The molecule has 0 unspecified atom stereocenters. The van der Waals surface area contributed by atoms with Crippen LogP contribution in [0.15, 0.2) is 0 Å². The molecule has 1 saturated carbocycles. The molecule has 0 heterocycles. The van der Waals surface area contributed by atoms with E-state index in [4.69, 9.17) is 0 Å². The summed E-state index contributed by atoms with van der Waals surface area (Å²) in [6.07, 6.45) is 23.3. The van der Waals surface area contributed by atoms with Crippen molar-refractivity contribution in [2.75, 3.05) is 0 Å². The first-order valence-corrected chi connectivity index (χ1v) is 8.72. The van der Waals surface area contributed by atoms with Crippen LogP contribution in [0.1, 0.15) is 103 Å². The maximum atomic E-state index is 4.05. The Morgan fingerprint density at radius 1 is 0.556 bits per heavy atom. The molecule has 0 nitrogen and oxygen atoms in total. The second kappa shape index (κ2) is 12.1. The Balaban J connectivity index is 2.20. The smallest absolute Gasteiger partial charge is 0.0414 e. The summed E-state index contributed by atoms with van der Waals surface area (Å²) in [6, 6.07) is 0. The third-order valence-electron chi connectivity index (χ3n) is 4.59. The topological polar surface area (TPSA) is 0 Å². The van der Waals surface area contributed by atoms with Gasteiger partial charge in [-0.15, -0.1) is 0 Å². The van der Waals surface area contributed by atoms with Crippen molar-refractivity contribution in [3.05, 3.63) is 6.92 Å². The maximum Gasteiger partial charge on any atom is -0.0414 e. The molecule has 18 heavy (non-hydrogen) atoms. The predicted molar refractivity (Wildman–Crippen MR) is 82.7 cm³/mol. The van der Waals surface area contributed by atoms with Crippen molar-refractivity contribution in [3.8, 4) is 0 Å². The Morgan fingerprint density at radius 2 is 0.889 bits per heavy atom. The van der Waals surface area contributed by atoms with Crippen LogP contribution in [0.4, 0.5) is 0 Å². The average Bonchev–Trinajstić information content (AvgIpc) is 2.39. The molecule has 1 aliphatic carbocycles. The van der Waals surface area contributed by atoms with E-state index < -0.39 is 0 Å². The lowest BCUT2D eigenvalue weighted by molar-refractivity contribution is 0.384. The monoisotopic (exact) mass is 251 g/mol. The molecule has 0 amide bonds. The molecule has 0 aromatic rings. The molecule has 1 fully saturated rings. The summed E-state index contributed by atoms with van der Waals surface area (Å²) in [7, 11) is 0. The van der Waals surface area contributed by atoms with E-state index in [1.807, 2.05) is 0 Å². The fourth-order valence-electron chi connectivity index (χ4n) is 3.36. The Labute approximate surface area is 116 Å². The van der Waals surface area contributed by atoms with Gasteiger partial charge in [0.1, 0.15) is 0 Å². The average molecular weight is 251 g/mol. The fourth-order valence-corrected chi connectivity index (χ4v) is 3.36. The molecule has 107 valence electrons. The summed E-state index contributed by atoms with van der Waals surface area (Å²) < 4.78 is 0. The van der Waals surface area contributed by atoms with Crippen molar-refractivity contribution in [1.82, 2.24) is 0 Å². The van der Waals surface area contributed by atoms with Crippen molar-refractivity contribution < 1.29 is 0 Å². The highest BCUT2D eigenvalue weighted by Gasteiger charge is 2.07. The number of hydrogen-bond acceptors (Lipinski definition) is 0. The van der Waals surface area contributed by atoms with Crippen molar-refractivity contribution in [3.63, 3.8) is 0 Å². The normalized spacial score (nSPS) is 23.2. The minimum absolute atomic E-state index is 0.993. The van der Waals surface area contributed by atoms with E-state index in [9.17, 15) is 0 Å². The van der Waals surface area contributed by atoms with Crippen molar-refractivity contribution in [2.24, 2.45) is 5.92 Å². The van der Waals surface area contributed by atoms with Gasteiger partial charge in [0, 0.05) is 0 Å². The highest BCUT2D eigenvalue weighted by Crippen LogP contribution is 2.23. The highest BCUT2D eigenvalue weighted by atomic mass is 14.1. The minimum Gasteiger partial charge on any atom is -0.0533 e. The standard InChI is InChI=1S/C18H35/c1-2-15-18-16-13-11-9-7-5-3-4-6-8-10-12-14-17-18/h18H,1-17H2. The fraction of sp³-hybridized carbons (Fsp3) is 0.944. The molecule has 0 bridgehead atoms. The van der Waals surface area contributed by atoms with Gasteiger partial charge in [0.05, 0.1) is 0 Å². The van der Waals surface area contributed by atoms with E-state index in [0.717, 1.165) is 12.3 Å². The van der Waals surface area contributed by atoms with Gasteiger partial charge in [-0.25, -0.2) is 0 Å². The van der Waals surface area contributed by atoms with E-state index in [2.05, 4.69) is 6.92 Å². The van der Waals surface area contributed by atoms with E-state index in [1.165, 1.54) is 96.3 Å².